The van der Waals surface area contributed by atoms with Crippen molar-refractivity contribution in [3.05, 3.63) is 35.4 Å². The number of hydrogen-bond donors (Lipinski definition) is 1. The number of hydrogen-bond acceptors (Lipinski definition) is 1. The summed E-state index contributed by atoms with van der Waals surface area (Å²) in [6.45, 7) is 2.48. The summed E-state index contributed by atoms with van der Waals surface area (Å²) >= 11 is 5.69. The van der Waals surface area contributed by atoms with E-state index in [1.807, 2.05) is 0 Å². The predicted molar refractivity (Wildman–Crippen MR) is 72.4 cm³/mol. The van der Waals surface area contributed by atoms with E-state index >= 15 is 0 Å². The first-order valence-corrected chi connectivity index (χ1v) is 6.91. The van der Waals surface area contributed by atoms with Gasteiger partial charge in [-0.15, -0.1) is 11.6 Å². The zero-order valence-electron chi connectivity index (χ0n) is 10.9. The molecule has 0 spiro atoms. The quantitative estimate of drug-likeness (QED) is 0.761. The largest absolute Gasteiger partial charge is 0.352 e. The molecule has 1 atom stereocenters. The minimum absolute atomic E-state index is 0.263. The van der Waals surface area contributed by atoms with Crippen LogP contribution in [0, 0.1) is 17.6 Å². The number of halogens is 3. The van der Waals surface area contributed by atoms with E-state index in [0.29, 0.717) is 12.4 Å². The molecule has 2 nitrogen and oxygen atoms in total. The van der Waals surface area contributed by atoms with Crippen molar-refractivity contribution in [2.75, 3.05) is 12.4 Å². The number of carbonyl (C=O) groups excluding carboxylic acids is 1. The van der Waals surface area contributed by atoms with Crippen LogP contribution in [0.4, 0.5) is 8.78 Å². The average molecular weight is 290 g/mol. The fraction of sp³-hybridized carbons (Fsp3) is 0.500. The van der Waals surface area contributed by atoms with Crippen LogP contribution in [0.15, 0.2) is 18.2 Å². The van der Waals surface area contributed by atoms with Gasteiger partial charge in [-0.1, -0.05) is 19.4 Å². The molecule has 0 aliphatic heterocycles. The van der Waals surface area contributed by atoms with E-state index in [2.05, 4.69) is 12.2 Å². The van der Waals surface area contributed by atoms with E-state index in [1.165, 1.54) is 12.1 Å². The molecule has 0 aromatic heterocycles. The van der Waals surface area contributed by atoms with Gasteiger partial charge in [0.2, 0.25) is 0 Å². The molecule has 1 rings (SSSR count). The fourth-order valence-corrected chi connectivity index (χ4v) is 2.23. The molecule has 1 amide bonds. The zero-order valence-corrected chi connectivity index (χ0v) is 11.6. The van der Waals surface area contributed by atoms with Crippen LogP contribution in [0.3, 0.4) is 0 Å². The first-order chi connectivity index (χ1) is 9.10. The van der Waals surface area contributed by atoms with E-state index in [4.69, 9.17) is 11.6 Å². The standard InChI is InChI=1S/C14H18ClF2NO/c1-2-4-10(7-8-15)9-18-14(19)11-5-3-6-12(16)13(11)17/h3,5-6,10H,2,4,7-9H2,1H3,(H,18,19). The van der Waals surface area contributed by atoms with Crippen LogP contribution >= 0.6 is 11.6 Å². The third kappa shape index (κ3) is 4.78. The number of nitrogens with one attached hydrogen (secondary N) is 1. The van der Waals surface area contributed by atoms with Crippen LogP contribution in [0.5, 0.6) is 0 Å². The summed E-state index contributed by atoms with van der Waals surface area (Å²) in [4.78, 5) is 11.8. The van der Waals surface area contributed by atoms with E-state index in [9.17, 15) is 13.6 Å². The lowest BCUT2D eigenvalue weighted by Gasteiger charge is -2.15. The summed E-state index contributed by atoms with van der Waals surface area (Å²) in [5, 5.41) is 2.63. The van der Waals surface area contributed by atoms with E-state index < -0.39 is 17.5 Å². The highest BCUT2D eigenvalue weighted by molar-refractivity contribution is 6.17. The normalized spacial score (nSPS) is 12.2. The summed E-state index contributed by atoms with van der Waals surface area (Å²) in [5.74, 6) is -1.92. The van der Waals surface area contributed by atoms with Crippen molar-refractivity contribution in [2.24, 2.45) is 5.92 Å². The van der Waals surface area contributed by atoms with Crippen LogP contribution in [0.2, 0.25) is 0 Å². The van der Waals surface area contributed by atoms with Gasteiger partial charge in [0.25, 0.3) is 5.91 Å². The Bertz CT molecular complexity index is 420. The van der Waals surface area contributed by atoms with Gasteiger partial charge in [-0.05, 0) is 30.9 Å². The van der Waals surface area contributed by atoms with Gasteiger partial charge in [-0.3, -0.25) is 4.79 Å². The Morgan fingerprint density at radius 3 is 2.74 bits per heavy atom. The summed E-state index contributed by atoms with van der Waals surface area (Å²) < 4.78 is 26.4. The van der Waals surface area contributed by atoms with Gasteiger partial charge in [0.05, 0.1) is 5.56 Å². The smallest absolute Gasteiger partial charge is 0.254 e. The van der Waals surface area contributed by atoms with Gasteiger partial charge >= 0.3 is 0 Å². The molecular formula is C14H18ClF2NO. The number of amides is 1. The Morgan fingerprint density at radius 1 is 1.37 bits per heavy atom. The number of benzene rings is 1. The SMILES string of the molecule is CCCC(CCCl)CNC(=O)c1cccc(F)c1F. The lowest BCUT2D eigenvalue weighted by molar-refractivity contribution is 0.0941. The van der Waals surface area contributed by atoms with Gasteiger partial charge < -0.3 is 5.32 Å². The maximum Gasteiger partial charge on any atom is 0.254 e. The lowest BCUT2D eigenvalue weighted by atomic mass is 10.0. The molecule has 0 bridgehead atoms. The third-order valence-corrected chi connectivity index (χ3v) is 3.18. The maximum atomic E-state index is 13.4. The second-order valence-corrected chi connectivity index (χ2v) is 4.82. The van der Waals surface area contributed by atoms with Crippen molar-refractivity contribution in [2.45, 2.75) is 26.2 Å². The van der Waals surface area contributed by atoms with E-state index in [-0.39, 0.29) is 11.5 Å². The Balaban J connectivity index is 2.61. The summed E-state index contributed by atoms with van der Waals surface area (Å²) in [6.07, 6.45) is 2.73. The molecule has 0 saturated heterocycles. The first kappa shape index (κ1) is 15.9. The van der Waals surface area contributed by atoms with Crippen LogP contribution in [0.1, 0.15) is 36.5 Å². The molecule has 106 valence electrons. The molecule has 0 aliphatic carbocycles. The van der Waals surface area contributed by atoms with Crippen molar-refractivity contribution in [3.63, 3.8) is 0 Å². The Morgan fingerprint density at radius 2 is 2.11 bits per heavy atom. The van der Waals surface area contributed by atoms with Crippen molar-refractivity contribution < 1.29 is 13.6 Å². The molecule has 0 radical (unpaired) electrons. The highest BCUT2D eigenvalue weighted by Crippen LogP contribution is 2.13. The fourth-order valence-electron chi connectivity index (χ4n) is 1.92. The highest BCUT2D eigenvalue weighted by Gasteiger charge is 2.16. The number of carbonyl (C=O) groups is 1. The average Bonchev–Trinajstić information content (AvgIpc) is 2.39. The molecular weight excluding hydrogens is 272 g/mol. The van der Waals surface area contributed by atoms with Gasteiger partial charge in [0.1, 0.15) is 0 Å². The Hall–Kier alpha value is -1.16. The molecule has 0 heterocycles. The second-order valence-electron chi connectivity index (χ2n) is 4.44. The molecule has 0 fully saturated rings. The summed E-state index contributed by atoms with van der Waals surface area (Å²) in [5.41, 5.74) is -0.263. The first-order valence-electron chi connectivity index (χ1n) is 6.38. The predicted octanol–water partition coefficient (Wildman–Crippen LogP) is 3.74. The summed E-state index contributed by atoms with van der Waals surface area (Å²) in [7, 11) is 0. The molecule has 1 aromatic carbocycles. The van der Waals surface area contributed by atoms with E-state index in [1.54, 1.807) is 0 Å². The minimum Gasteiger partial charge on any atom is -0.352 e. The number of alkyl halides is 1. The van der Waals surface area contributed by atoms with Gasteiger partial charge in [-0.2, -0.15) is 0 Å². The molecule has 0 aliphatic rings. The highest BCUT2D eigenvalue weighted by atomic mass is 35.5. The zero-order chi connectivity index (χ0) is 14.3. The molecule has 1 N–H and O–H groups in total. The molecule has 19 heavy (non-hydrogen) atoms. The Labute approximate surface area is 117 Å². The lowest BCUT2D eigenvalue weighted by Crippen LogP contribution is -2.30. The molecule has 1 unspecified atom stereocenters. The van der Waals surface area contributed by atoms with Crippen LogP contribution < -0.4 is 5.32 Å². The van der Waals surface area contributed by atoms with E-state index in [0.717, 1.165) is 25.3 Å². The Kier molecular flexibility index (Phi) is 6.78. The third-order valence-electron chi connectivity index (χ3n) is 2.96. The molecule has 1 aromatic rings. The van der Waals surface area contributed by atoms with Crippen molar-refractivity contribution >= 4 is 17.5 Å². The second kappa shape index (κ2) is 8.10. The topological polar surface area (TPSA) is 29.1 Å². The van der Waals surface area contributed by atoms with Gasteiger partial charge in [0.15, 0.2) is 11.6 Å². The van der Waals surface area contributed by atoms with Crippen LogP contribution in [0.25, 0.3) is 0 Å². The maximum absolute atomic E-state index is 13.4. The molecule has 0 saturated carbocycles. The van der Waals surface area contributed by atoms with Crippen LogP contribution in [-0.2, 0) is 0 Å². The van der Waals surface area contributed by atoms with Gasteiger partial charge in [-0.25, -0.2) is 8.78 Å². The van der Waals surface area contributed by atoms with Gasteiger partial charge in [0, 0.05) is 12.4 Å². The number of rotatable bonds is 7. The minimum atomic E-state index is -1.11. The monoisotopic (exact) mass is 289 g/mol. The summed E-state index contributed by atoms with van der Waals surface area (Å²) in [6, 6.07) is 3.57. The van der Waals surface area contributed by atoms with Crippen LogP contribution in [-0.4, -0.2) is 18.3 Å². The van der Waals surface area contributed by atoms with Crippen molar-refractivity contribution in [1.82, 2.24) is 5.32 Å². The van der Waals surface area contributed by atoms with Crippen molar-refractivity contribution in [3.8, 4) is 0 Å². The molecule has 5 heteroatoms. The van der Waals surface area contributed by atoms with Crippen molar-refractivity contribution in [1.29, 1.82) is 0 Å².